The number of halogens is 4. The molecule has 0 unspecified atom stereocenters. The lowest BCUT2D eigenvalue weighted by atomic mass is 9.94. The number of fused-ring (bicyclic) bond motifs is 7. The molecule has 0 saturated heterocycles. The molecular weight excluding hydrogens is 540 g/mol. The van der Waals surface area contributed by atoms with E-state index in [0.29, 0.717) is 0 Å². The number of benzene rings is 6. The van der Waals surface area contributed by atoms with Gasteiger partial charge in [-0.3, -0.25) is 0 Å². The van der Waals surface area contributed by atoms with E-state index < -0.39 is 44.9 Å². The number of nitrogens with zero attached hydrogens (tertiary/aromatic N) is 4. The van der Waals surface area contributed by atoms with Crippen molar-refractivity contribution >= 4 is 54.2 Å². The third kappa shape index (κ3) is 4.40. The van der Waals surface area contributed by atoms with E-state index in [1.807, 2.05) is 0 Å². The Balaban J connectivity index is 0.000000169. The summed E-state index contributed by atoms with van der Waals surface area (Å²) in [6.45, 7) is 0. The van der Waals surface area contributed by atoms with Crippen molar-refractivity contribution in [1.29, 1.82) is 21.0 Å². The van der Waals surface area contributed by atoms with Gasteiger partial charge in [0.25, 0.3) is 0 Å². The summed E-state index contributed by atoms with van der Waals surface area (Å²) >= 11 is 0. The van der Waals surface area contributed by atoms with E-state index in [2.05, 4.69) is 84.9 Å². The highest BCUT2D eigenvalue weighted by Crippen LogP contribution is 2.34. The van der Waals surface area contributed by atoms with Crippen LogP contribution in [0, 0.1) is 68.6 Å². The molecule has 0 heterocycles. The van der Waals surface area contributed by atoms with E-state index >= 15 is 0 Å². The summed E-state index contributed by atoms with van der Waals surface area (Å²) in [5, 5.41) is 41.6. The van der Waals surface area contributed by atoms with E-state index in [4.69, 9.17) is 21.0 Å². The van der Waals surface area contributed by atoms with E-state index in [0.717, 1.165) is 24.3 Å². The Bertz CT molecular complexity index is 2170. The molecule has 0 aromatic heterocycles. The van der Waals surface area contributed by atoms with Crippen LogP contribution < -0.4 is 10.4 Å². The molecule has 6 aromatic carbocycles. The minimum atomic E-state index is -2.03. The normalized spacial score (nSPS) is 10.3. The van der Waals surface area contributed by atoms with Gasteiger partial charge in [-0.15, -0.1) is 0 Å². The summed E-state index contributed by atoms with van der Waals surface area (Å²) in [4.78, 5) is 0. The minimum absolute atomic E-state index is 1.09. The molecule has 0 fully saturated rings. The van der Waals surface area contributed by atoms with Crippen LogP contribution in [0.15, 0.2) is 84.9 Å². The van der Waals surface area contributed by atoms with Crippen LogP contribution >= 0.6 is 0 Å². The van der Waals surface area contributed by atoms with E-state index in [9.17, 15) is 17.6 Å². The zero-order valence-electron chi connectivity index (χ0n) is 21.4. The van der Waals surface area contributed by atoms with Gasteiger partial charge in [-0.05, 0) is 43.1 Å². The van der Waals surface area contributed by atoms with Crippen LogP contribution in [0.1, 0.15) is 0 Å². The smallest absolute Gasteiger partial charge is 0.171 e. The first-order chi connectivity index (χ1) is 20.4. The first-order valence-corrected chi connectivity index (χ1v) is 12.3. The summed E-state index contributed by atoms with van der Waals surface area (Å²) in [5.74, 6) is -8.11. The summed E-state index contributed by atoms with van der Waals surface area (Å²) in [5.41, 5.74) is -2.36. The average molecular weight is 555 g/mol. The van der Waals surface area contributed by atoms with Gasteiger partial charge in [-0.25, -0.2) is 17.6 Å². The first kappa shape index (κ1) is 27.4. The molecule has 0 N–H and O–H groups in total. The maximum atomic E-state index is 13.6. The van der Waals surface area contributed by atoms with Gasteiger partial charge in [-0.2, -0.15) is 21.0 Å². The van der Waals surface area contributed by atoms with Gasteiger partial charge in [0, 0.05) is 0 Å². The van der Waals surface area contributed by atoms with Gasteiger partial charge in [0.05, 0.1) is 10.4 Å². The van der Waals surface area contributed by atoms with E-state index in [1.165, 1.54) is 43.1 Å². The second-order valence-electron chi connectivity index (χ2n) is 9.03. The van der Waals surface area contributed by atoms with Crippen molar-refractivity contribution in [3.8, 4) is 24.3 Å². The molecule has 0 radical (unpaired) electrons. The maximum Gasteiger partial charge on any atom is 0.171 e. The molecule has 0 amide bonds. The molecule has 6 aromatic rings. The number of rotatable bonds is 0. The number of nitriles is 4. The third-order valence-corrected chi connectivity index (χ3v) is 6.86. The van der Waals surface area contributed by atoms with Crippen LogP contribution in [-0.2, 0) is 0 Å². The van der Waals surface area contributed by atoms with Crippen LogP contribution in [0.4, 0.5) is 17.6 Å². The molecule has 8 heteroatoms. The topological polar surface area (TPSA) is 95.2 Å². The van der Waals surface area contributed by atoms with Crippen LogP contribution in [0.3, 0.4) is 0 Å². The fourth-order valence-corrected chi connectivity index (χ4v) is 4.93. The summed E-state index contributed by atoms with van der Waals surface area (Å²) in [6, 6.07) is 35.1. The highest BCUT2D eigenvalue weighted by atomic mass is 19.2. The highest BCUT2D eigenvalue weighted by molar-refractivity contribution is 6.22. The molecule has 42 heavy (non-hydrogen) atoms. The third-order valence-electron chi connectivity index (χ3n) is 6.86. The SMILES string of the molecule is N#CC(C#N)=c1c(F)c(F)c(=C(C#N)C#N)c(F)c1F.c1ccc2c(c1)ccc1c2ccc2c3ccccc3ccc21. The Morgan fingerprint density at radius 3 is 1.00 bits per heavy atom. The quantitative estimate of drug-likeness (QED) is 0.115. The molecule has 0 spiro atoms. The second kappa shape index (κ2) is 11.1. The average Bonchev–Trinajstić information content (AvgIpc) is 3.04. The van der Waals surface area contributed by atoms with Gasteiger partial charge < -0.3 is 0 Å². The minimum Gasteiger partial charge on any atom is -0.203 e. The van der Waals surface area contributed by atoms with Crippen LogP contribution in [0.5, 0.6) is 0 Å². The second-order valence-corrected chi connectivity index (χ2v) is 9.03. The van der Waals surface area contributed by atoms with Gasteiger partial charge in [0.15, 0.2) is 23.3 Å². The van der Waals surface area contributed by atoms with Crippen molar-refractivity contribution in [2.45, 2.75) is 0 Å². The lowest BCUT2D eigenvalue weighted by Gasteiger charge is -2.09. The Labute approximate surface area is 235 Å². The van der Waals surface area contributed by atoms with Gasteiger partial charge >= 0.3 is 0 Å². The largest absolute Gasteiger partial charge is 0.203 e. The van der Waals surface area contributed by atoms with Crippen molar-refractivity contribution in [2.24, 2.45) is 0 Å². The van der Waals surface area contributed by atoms with Crippen molar-refractivity contribution < 1.29 is 17.6 Å². The standard InChI is InChI=1S/C22H14.C12F4N4/c1-3-7-17-15(5-1)9-11-21-19(17)13-14-20-18-8-4-2-6-16(18)10-12-22(20)21;13-9-7(5(1-17)2-18)10(14)12(16)8(11(9)15)6(3-19)4-20/h1-14H;. The number of hydrogen-bond donors (Lipinski definition) is 0. The Morgan fingerprint density at radius 2 is 0.667 bits per heavy atom. The van der Waals surface area contributed by atoms with Crippen LogP contribution in [-0.4, -0.2) is 0 Å². The molecule has 4 nitrogen and oxygen atoms in total. The maximum absolute atomic E-state index is 13.6. The summed E-state index contributed by atoms with van der Waals surface area (Å²) in [6.07, 6.45) is 0. The zero-order chi connectivity index (χ0) is 30.0. The fraction of sp³-hybridized carbons (Fsp3) is 0. The van der Waals surface area contributed by atoms with Gasteiger partial charge in [0.1, 0.15) is 35.4 Å². The first-order valence-electron chi connectivity index (χ1n) is 12.3. The monoisotopic (exact) mass is 554 g/mol. The summed E-state index contributed by atoms with van der Waals surface area (Å²) < 4.78 is 54.5. The van der Waals surface area contributed by atoms with Crippen molar-refractivity contribution in [3.05, 3.63) is 119 Å². The molecule has 0 aliphatic rings. The van der Waals surface area contributed by atoms with Crippen molar-refractivity contribution in [3.63, 3.8) is 0 Å². The molecule has 0 atom stereocenters. The molecule has 0 bridgehead atoms. The van der Waals surface area contributed by atoms with Crippen molar-refractivity contribution in [2.75, 3.05) is 0 Å². The summed E-state index contributed by atoms with van der Waals surface area (Å²) in [7, 11) is 0. The van der Waals surface area contributed by atoms with Gasteiger partial charge in [-0.1, -0.05) is 84.9 Å². The molecular formula is C34H14F4N4. The zero-order valence-corrected chi connectivity index (χ0v) is 21.4. The van der Waals surface area contributed by atoms with E-state index in [-0.39, 0.29) is 0 Å². The Hall–Kier alpha value is -6.22. The molecule has 198 valence electrons. The Morgan fingerprint density at radius 1 is 0.381 bits per heavy atom. The van der Waals surface area contributed by atoms with Crippen LogP contribution in [0.25, 0.3) is 54.2 Å². The van der Waals surface area contributed by atoms with E-state index in [1.54, 1.807) is 0 Å². The predicted octanol–water partition coefficient (Wildman–Crippen LogP) is 6.94. The lowest BCUT2D eigenvalue weighted by molar-refractivity contribution is 0.434. The molecule has 0 saturated carbocycles. The Kier molecular flexibility index (Phi) is 7.23. The van der Waals surface area contributed by atoms with Crippen molar-refractivity contribution in [1.82, 2.24) is 0 Å². The molecule has 0 aliphatic carbocycles. The molecule has 6 rings (SSSR count). The highest BCUT2D eigenvalue weighted by Gasteiger charge is 2.22. The fourth-order valence-electron chi connectivity index (χ4n) is 4.93. The molecule has 0 aliphatic heterocycles. The van der Waals surface area contributed by atoms with Crippen LogP contribution in [0.2, 0.25) is 0 Å². The predicted molar refractivity (Wildman–Crippen MR) is 151 cm³/mol. The lowest BCUT2D eigenvalue weighted by Crippen LogP contribution is -2.31. The van der Waals surface area contributed by atoms with Gasteiger partial charge in [0.2, 0.25) is 0 Å². The number of hydrogen-bond acceptors (Lipinski definition) is 4.